The highest BCUT2D eigenvalue weighted by Gasteiger charge is 2.14. The molecular formula is C18H13N3O2. The maximum absolute atomic E-state index is 11.8. The summed E-state index contributed by atoms with van der Waals surface area (Å²) in [6, 6.07) is 15.0. The van der Waals surface area contributed by atoms with Crippen molar-refractivity contribution in [2.24, 2.45) is 5.73 Å². The van der Waals surface area contributed by atoms with Crippen LogP contribution in [0.3, 0.4) is 0 Å². The third kappa shape index (κ3) is 2.05. The van der Waals surface area contributed by atoms with Crippen molar-refractivity contribution < 1.29 is 9.53 Å². The number of nitrogens with zero attached hydrogens (tertiary/aromatic N) is 2. The summed E-state index contributed by atoms with van der Waals surface area (Å²) in [5, 5.41) is 1.84. The molecule has 0 aliphatic carbocycles. The molecule has 112 valence electrons. The van der Waals surface area contributed by atoms with E-state index in [2.05, 4.69) is 4.98 Å². The van der Waals surface area contributed by atoms with Crippen LogP contribution in [0.4, 0.5) is 0 Å². The number of amides is 1. The molecule has 0 spiro atoms. The zero-order valence-corrected chi connectivity index (χ0v) is 12.4. The second-order valence-electron chi connectivity index (χ2n) is 5.28. The Morgan fingerprint density at radius 1 is 1.00 bits per heavy atom. The van der Waals surface area contributed by atoms with Gasteiger partial charge in [-0.1, -0.05) is 24.3 Å². The van der Waals surface area contributed by atoms with Gasteiger partial charge < -0.3 is 10.5 Å². The zero-order valence-electron chi connectivity index (χ0n) is 12.4. The fourth-order valence-electron chi connectivity index (χ4n) is 2.79. The van der Waals surface area contributed by atoms with Gasteiger partial charge in [-0.15, -0.1) is 0 Å². The van der Waals surface area contributed by atoms with E-state index in [9.17, 15) is 4.79 Å². The molecular weight excluding hydrogens is 290 g/mol. The monoisotopic (exact) mass is 303 g/mol. The highest BCUT2D eigenvalue weighted by Crippen LogP contribution is 2.29. The van der Waals surface area contributed by atoms with Gasteiger partial charge >= 0.3 is 0 Å². The van der Waals surface area contributed by atoms with E-state index in [-0.39, 0.29) is 0 Å². The number of nitrogens with two attached hydrogens (primary N) is 1. The van der Waals surface area contributed by atoms with Gasteiger partial charge in [-0.2, -0.15) is 0 Å². The first-order chi connectivity index (χ1) is 11.2. The van der Waals surface area contributed by atoms with E-state index in [0.717, 1.165) is 10.8 Å². The second kappa shape index (κ2) is 4.91. The minimum absolute atomic E-state index is 0.379. The van der Waals surface area contributed by atoms with Crippen molar-refractivity contribution in [3.8, 4) is 5.75 Å². The lowest BCUT2D eigenvalue weighted by molar-refractivity contribution is 0.100. The molecule has 5 nitrogen and oxygen atoms in total. The third-order valence-corrected chi connectivity index (χ3v) is 3.91. The predicted octanol–water partition coefficient (Wildman–Crippen LogP) is 3.04. The number of aromatic nitrogens is 2. The molecule has 1 heterocycles. The standard InChI is InChI=1S/C18H13N3O2/c1-23-11-6-7-14-15(9-11)21-16-12-5-3-2-4-10(12)8-13(18(19)22)17(16)20-14/h2-9H,1H3,(H2,19,22). The lowest BCUT2D eigenvalue weighted by Crippen LogP contribution is -2.12. The van der Waals surface area contributed by atoms with E-state index in [0.29, 0.717) is 33.4 Å². The Bertz CT molecular complexity index is 1090. The zero-order chi connectivity index (χ0) is 16.0. The van der Waals surface area contributed by atoms with Crippen molar-refractivity contribution >= 4 is 38.7 Å². The Morgan fingerprint density at radius 2 is 1.78 bits per heavy atom. The summed E-state index contributed by atoms with van der Waals surface area (Å²) in [5.74, 6) is 0.199. The van der Waals surface area contributed by atoms with Crippen molar-refractivity contribution in [2.75, 3.05) is 7.11 Å². The van der Waals surface area contributed by atoms with Gasteiger partial charge in [0.25, 0.3) is 5.91 Å². The van der Waals surface area contributed by atoms with Crippen LogP contribution in [-0.2, 0) is 0 Å². The van der Waals surface area contributed by atoms with Gasteiger partial charge in [0.1, 0.15) is 11.3 Å². The number of ether oxygens (including phenoxy) is 1. The van der Waals surface area contributed by atoms with E-state index in [1.807, 2.05) is 42.5 Å². The van der Waals surface area contributed by atoms with Gasteiger partial charge in [0, 0.05) is 11.5 Å². The molecule has 0 atom stereocenters. The van der Waals surface area contributed by atoms with Crippen LogP contribution in [0.2, 0.25) is 0 Å². The average molecular weight is 303 g/mol. The fraction of sp³-hybridized carbons (Fsp3) is 0.0556. The third-order valence-electron chi connectivity index (χ3n) is 3.91. The minimum atomic E-state index is -0.511. The highest BCUT2D eigenvalue weighted by atomic mass is 16.5. The van der Waals surface area contributed by atoms with Crippen molar-refractivity contribution in [1.29, 1.82) is 0 Å². The van der Waals surface area contributed by atoms with Gasteiger partial charge in [-0.05, 0) is 23.6 Å². The second-order valence-corrected chi connectivity index (χ2v) is 5.28. The summed E-state index contributed by atoms with van der Waals surface area (Å²) in [4.78, 5) is 21.1. The van der Waals surface area contributed by atoms with Gasteiger partial charge in [-0.25, -0.2) is 9.97 Å². The van der Waals surface area contributed by atoms with E-state index in [4.69, 9.17) is 15.5 Å². The van der Waals surface area contributed by atoms with Crippen LogP contribution < -0.4 is 10.5 Å². The normalized spacial score (nSPS) is 11.2. The van der Waals surface area contributed by atoms with Crippen molar-refractivity contribution in [3.63, 3.8) is 0 Å². The molecule has 0 aliphatic rings. The molecule has 0 unspecified atom stereocenters. The molecule has 2 N–H and O–H groups in total. The largest absolute Gasteiger partial charge is 0.497 e. The van der Waals surface area contributed by atoms with Crippen LogP contribution in [0.25, 0.3) is 32.8 Å². The molecule has 1 amide bonds. The Balaban J connectivity index is 2.22. The number of benzene rings is 3. The van der Waals surface area contributed by atoms with Crippen molar-refractivity contribution in [2.45, 2.75) is 0 Å². The van der Waals surface area contributed by atoms with Gasteiger partial charge in [0.15, 0.2) is 0 Å². The summed E-state index contributed by atoms with van der Waals surface area (Å²) >= 11 is 0. The lowest BCUT2D eigenvalue weighted by atomic mass is 10.0. The summed E-state index contributed by atoms with van der Waals surface area (Å²) in [7, 11) is 1.61. The summed E-state index contributed by atoms with van der Waals surface area (Å²) in [6.45, 7) is 0. The number of methoxy groups -OCH3 is 1. The Hall–Kier alpha value is -3.21. The molecule has 5 heteroatoms. The quantitative estimate of drug-likeness (QED) is 0.456. The summed E-state index contributed by atoms with van der Waals surface area (Å²) < 4.78 is 5.24. The lowest BCUT2D eigenvalue weighted by Gasteiger charge is -2.09. The number of primary amides is 1. The summed E-state index contributed by atoms with van der Waals surface area (Å²) in [6.07, 6.45) is 0. The predicted molar refractivity (Wildman–Crippen MR) is 89.6 cm³/mol. The maximum atomic E-state index is 11.8. The van der Waals surface area contributed by atoms with Gasteiger partial charge in [0.2, 0.25) is 0 Å². The first-order valence-corrected chi connectivity index (χ1v) is 7.14. The Kier molecular flexibility index (Phi) is 2.87. The molecule has 4 aromatic rings. The minimum Gasteiger partial charge on any atom is -0.497 e. The molecule has 0 saturated carbocycles. The molecule has 4 rings (SSSR count). The van der Waals surface area contributed by atoms with Gasteiger partial charge in [0.05, 0.1) is 29.2 Å². The van der Waals surface area contributed by atoms with Crippen LogP contribution in [0, 0.1) is 0 Å². The van der Waals surface area contributed by atoms with Crippen LogP contribution in [0.5, 0.6) is 5.75 Å². The van der Waals surface area contributed by atoms with Crippen LogP contribution in [-0.4, -0.2) is 23.0 Å². The number of rotatable bonds is 2. The summed E-state index contributed by atoms with van der Waals surface area (Å²) in [5.41, 5.74) is 8.50. The molecule has 0 aliphatic heterocycles. The molecule has 0 saturated heterocycles. The molecule has 1 aromatic heterocycles. The van der Waals surface area contributed by atoms with E-state index < -0.39 is 5.91 Å². The van der Waals surface area contributed by atoms with E-state index in [1.165, 1.54) is 0 Å². The van der Waals surface area contributed by atoms with Gasteiger partial charge in [-0.3, -0.25) is 4.79 Å². The number of hydrogen-bond donors (Lipinski definition) is 1. The van der Waals surface area contributed by atoms with Crippen LogP contribution in [0.15, 0.2) is 48.5 Å². The number of carbonyl (C=O) groups excluding carboxylic acids is 1. The Morgan fingerprint density at radius 3 is 2.57 bits per heavy atom. The average Bonchev–Trinajstić information content (AvgIpc) is 2.58. The number of carbonyl (C=O) groups is 1. The highest BCUT2D eigenvalue weighted by molar-refractivity contribution is 6.15. The van der Waals surface area contributed by atoms with Crippen LogP contribution >= 0.6 is 0 Å². The molecule has 0 fully saturated rings. The molecule has 0 radical (unpaired) electrons. The van der Waals surface area contributed by atoms with E-state index in [1.54, 1.807) is 13.2 Å². The number of hydrogen-bond acceptors (Lipinski definition) is 4. The molecule has 3 aromatic carbocycles. The first kappa shape index (κ1) is 13.5. The number of fused-ring (bicyclic) bond motifs is 4. The topological polar surface area (TPSA) is 78.1 Å². The fourth-order valence-corrected chi connectivity index (χ4v) is 2.79. The smallest absolute Gasteiger partial charge is 0.250 e. The SMILES string of the molecule is COc1ccc2nc3c(C(N)=O)cc4ccccc4c3nc2c1. The first-order valence-electron chi connectivity index (χ1n) is 7.14. The Labute approximate surface area is 131 Å². The van der Waals surface area contributed by atoms with E-state index >= 15 is 0 Å². The van der Waals surface area contributed by atoms with Crippen molar-refractivity contribution in [3.05, 3.63) is 54.1 Å². The van der Waals surface area contributed by atoms with Crippen molar-refractivity contribution in [1.82, 2.24) is 9.97 Å². The maximum Gasteiger partial charge on any atom is 0.250 e. The molecule has 23 heavy (non-hydrogen) atoms. The van der Waals surface area contributed by atoms with Crippen LogP contribution in [0.1, 0.15) is 10.4 Å². The molecule has 0 bridgehead atoms.